The van der Waals surface area contributed by atoms with E-state index < -0.39 is 0 Å². The van der Waals surface area contributed by atoms with Crippen LogP contribution in [0.1, 0.15) is 73.4 Å². The van der Waals surface area contributed by atoms with Crippen molar-refractivity contribution in [1.82, 2.24) is 15.0 Å². The first-order valence-corrected chi connectivity index (χ1v) is 9.38. The Morgan fingerprint density at radius 2 is 1.91 bits per heavy atom. The van der Waals surface area contributed by atoms with Gasteiger partial charge in [0.1, 0.15) is 0 Å². The zero-order valence-corrected chi connectivity index (χ0v) is 16.2. The maximum Gasteiger partial charge on any atom is 0.0926 e. The Bertz CT molecular complexity index is 441. The van der Waals surface area contributed by atoms with E-state index in [4.69, 9.17) is 4.74 Å². The van der Waals surface area contributed by atoms with Gasteiger partial charge >= 0.3 is 0 Å². The molecule has 0 amide bonds. The maximum absolute atomic E-state index is 6.05. The molecule has 5 heteroatoms. The van der Waals surface area contributed by atoms with Gasteiger partial charge in [-0.3, -0.25) is 0 Å². The largest absolute Gasteiger partial charge is 0.375 e. The van der Waals surface area contributed by atoms with Crippen molar-refractivity contribution in [2.45, 2.75) is 89.9 Å². The van der Waals surface area contributed by atoms with Crippen LogP contribution < -0.4 is 0 Å². The van der Waals surface area contributed by atoms with Crippen LogP contribution >= 0.6 is 11.8 Å². The van der Waals surface area contributed by atoms with Crippen LogP contribution in [0.4, 0.5) is 0 Å². The fraction of sp³-hybridized carbons (Fsp3) is 0.882. The zero-order valence-electron chi connectivity index (χ0n) is 15.3. The van der Waals surface area contributed by atoms with E-state index in [-0.39, 0.29) is 11.1 Å². The Morgan fingerprint density at radius 1 is 1.23 bits per heavy atom. The topological polar surface area (TPSA) is 39.9 Å². The van der Waals surface area contributed by atoms with Crippen LogP contribution in [0.2, 0.25) is 0 Å². The molecule has 1 rings (SSSR count). The lowest BCUT2D eigenvalue weighted by molar-refractivity contribution is -0.0344. The van der Waals surface area contributed by atoms with Crippen molar-refractivity contribution in [3.8, 4) is 0 Å². The zero-order chi connectivity index (χ0) is 16.8. The third-order valence-corrected chi connectivity index (χ3v) is 4.91. The number of hydrogen-bond donors (Lipinski definition) is 0. The van der Waals surface area contributed by atoms with E-state index in [1.54, 1.807) is 0 Å². The van der Waals surface area contributed by atoms with Gasteiger partial charge in [0.2, 0.25) is 0 Å². The van der Waals surface area contributed by atoms with Crippen molar-refractivity contribution in [2.75, 3.05) is 6.61 Å². The summed E-state index contributed by atoms with van der Waals surface area (Å²) in [5.41, 5.74) is 0.946. The molecule has 0 bridgehead atoms. The SMILES string of the molecule is CCCC(C)(C)OCCC(C)(C)n1cc(CSC(C)C)nn1. The molecule has 1 aromatic rings. The monoisotopic (exact) mass is 327 g/mol. The molecule has 0 saturated carbocycles. The minimum Gasteiger partial charge on any atom is -0.375 e. The molecule has 0 fully saturated rings. The molecule has 128 valence electrons. The minimum atomic E-state index is -0.0734. The fourth-order valence-corrected chi connectivity index (χ4v) is 2.91. The lowest BCUT2D eigenvalue weighted by Crippen LogP contribution is -2.32. The highest BCUT2D eigenvalue weighted by molar-refractivity contribution is 7.99. The molecule has 0 radical (unpaired) electrons. The molecule has 0 aliphatic rings. The van der Waals surface area contributed by atoms with Crippen molar-refractivity contribution in [2.24, 2.45) is 0 Å². The molecule has 0 N–H and O–H groups in total. The van der Waals surface area contributed by atoms with Gasteiger partial charge in [-0.25, -0.2) is 4.68 Å². The molecule has 22 heavy (non-hydrogen) atoms. The number of ether oxygens (including phenoxy) is 1. The van der Waals surface area contributed by atoms with E-state index >= 15 is 0 Å². The van der Waals surface area contributed by atoms with E-state index in [0.717, 1.165) is 37.3 Å². The lowest BCUT2D eigenvalue weighted by Gasteiger charge is -2.29. The molecule has 0 unspecified atom stereocenters. The van der Waals surface area contributed by atoms with Gasteiger partial charge in [-0.15, -0.1) is 5.10 Å². The predicted octanol–water partition coefficient (Wildman–Crippen LogP) is 4.64. The summed E-state index contributed by atoms with van der Waals surface area (Å²) < 4.78 is 8.03. The second-order valence-corrected chi connectivity index (χ2v) is 9.00. The molecule has 0 aliphatic heterocycles. The number of rotatable bonds is 10. The number of thioether (sulfide) groups is 1. The fourth-order valence-electron chi connectivity index (χ4n) is 2.28. The Kier molecular flexibility index (Phi) is 7.39. The van der Waals surface area contributed by atoms with Crippen LogP contribution in [0.5, 0.6) is 0 Å². The number of hydrogen-bond acceptors (Lipinski definition) is 4. The van der Waals surface area contributed by atoms with Gasteiger partial charge in [0.25, 0.3) is 0 Å². The second kappa shape index (κ2) is 8.34. The first kappa shape index (κ1) is 19.5. The maximum atomic E-state index is 6.05. The van der Waals surface area contributed by atoms with Gasteiger partial charge in [-0.1, -0.05) is 32.4 Å². The third-order valence-electron chi connectivity index (χ3n) is 3.78. The molecular weight excluding hydrogens is 294 g/mol. The van der Waals surface area contributed by atoms with Crippen LogP contribution in [-0.2, 0) is 16.0 Å². The number of nitrogens with zero attached hydrogens (tertiary/aromatic N) is 3. The van der Waals surface area contributed by atoms with E-state index in [9.17, 15) is 0 Å². The quantitative estimate of drug-likeness (QED) is 0.627. The summed E-state index contributed by atoms with van der Waals surface area (Å²) in [5, 5.41) is 9.22. The average molecular weight is 328 g/mol. The second-order valence-electron chi connectivity index (χ2n) is 7.43. The van der Waals surface area contributed by atoms with Crippen LogP contribution in [-0.4, -0.2) is 32.5 Å². The summed E-state index contributed by atoms with van der Waals surface area (Å²) in [7, 11) is 0. The first-order valence-electron chi connectivity index (χ1n) is 8.33. The third kappa shape index (κ3) is 6.69. The molecule has 0 spiro atoms. The summed E-state index contributed by atoms with van der Waals surface area (Å²) in [5.74, 6) is 0.924. The van der Waals surface area contributed by atoms with Gasteiger partial charge in [-0.05, 0) is 45.8 Å². The minimum absolute atomic E-state index is 0.0355. The van der Waals surface area contributed by atoms with E-state index in [1.807, 2.05) is 16.4 Å². The Balaban J connectivity index is 2.52. The Morgan fingerprint density at radius 3 is 2.50 bits per heavy atom. The van der Waals surface area contributed by atoms with E-state index in [2.05, 4.69) is 65.0 Å². The van der Waals surface area contributed by atoms with Gasteiger partial charge in [-0.2, -0.15) is 11.8 Å². The molecule has 0 aliphatic carbocycles. The smallest absolute Gasteiger partial charge is 0.0926 e. The summed E-state index contributed by atoms with van der Waals surface area (Å²) in [6.07, 6.45) is 5.25. The normalized spacial score (nSPS) is 13.1. The van der Waals surface area contributed by atoms with Crippen LogP contribution in [0, 0.1) is 0 Å². The van der Waals surface area contributed by atoms with Crippen molar-refractivity contribution >= 4 is 11.8 Å². The summed E-state index contributed by atoms with van der Waals surface area (Å²) in [6.45, 7) is 16.1. The Hall–Kier alpha value is -0.550. The highest BCUT2D eigenvalue weighted by atomic mass is 32.2. The molecule has 0 aromatic carbocycles. The van der Waals surface area contributed by atoms with Crippen LogP contribution in [0.15, 0.2) is 6.20 Å². The van der Waals surface area contributed by atoms with E-state index in [1.165, 1.54) is 0 Å². The van der Waals surface area contributed by atoms with Crippen molar-refractivity contribution in [3.05, 3.63) is 11.9 Å². The summed E-state index contributed by atoms with van der Waals surface area (Å²) >= 11 is 1.89. The molecule has 0 saturated heterocycles. The molecule has 1 aromatic heterocycles. The average Bonchev–Trinajstić information content (AvgIpc) is 2.85. The van der Waals surface area contributed by atoms with Gasteiger partial charge < -0.3 is 4.74 Å². The summed E-state index contributed by atoms with van der Waals surface area (Å²) in [6, 6.07) is 0. The molecule has 0 atom stereocenters. The van der Waals surface area contributed by atoms with Crippen LogP contribution in [0.3, 0.4) is 0 Å². The highest BCUT2D eigenvalue weighted by Gasteiger charge is 2.24. The molecule has 1 heterocycles. The first-order chi connectivity index (χ1) is 10.2. The molecule has 4 nitrogen and oxygen atoms in total. The van der Waals surface area contributed by atoms with Crippen molar-refractivity contribution < 1.29 is 4.74 Å². The van der Waals surface area contributed by atoms with Gasteiger partial charge in [0.15, 0.2) is 0 Å². The lowest BCUT2D eigenvalue weighted by atomic mass is 10.0. The molecular formula is C17H33N3OS. The Labute approximate surface area is 140 Å². The van der Waals surface area contributed by atoms with Gasteiger partial charge in [0, 0.05) is 18.6 Å². The van der Waals surface area contributed by atoms with Crippen molar-refractivity contribution in [1.29, 1.82) is 0 Å². The number of aromatic nitrogens is 3. The van der Waals surface area contributed by atoms with Crippen LogP contribution in [0.25, 0.3) is 0 Å². The van der Waals surface area contributed by atoms with Crippen molar-refractivity contribution in [3.63, 3.8) is 0 Å². The predicted molar refractivity (Wildman–Crippen MR) is 95.3 cm³/mol. The van der Waals surface area contributed by atoms with E-state index in [0.29, 0.717) is 5.25 Å². The summed E-state index contributed by atoms with van der Waals surface area (Å²) in [4.78, 5) is 0. The standard InChI is InChI=1S/C17H33N3OS/c1-8-9-17(6,7)21-11-10-16(4,5)20-12-15(18-19-20)13-22-14(2)3/h12,14H,8-11,13H2,1-7H3. The highest BCUT2D eigenvalue weighted by Crippen LogP contribution is 2.23. The van der Waals surface area contributed by atoms with Gasteiger partial charge in [0.05, 0.1) is 16.8 Å².